The molecule has 0 heterocycles. The number of ether oxygens (including phenoxy) is 1. The van der Waals surface area contributed by atoms with Crippen LogP contribution in [0.1, 0.15) is 0 Å². The Hall–Kier alpha value is -0.440. The van der Waals surface area contributed by atoms with Crippen molar-refractivity contribution < 1.29 is 14.6 Å². The number of carboxylic acid groups (broad SMARTS) is 1. The van der Waals surface area contributed by atoms with E-state index in [0.29, 0.717) is 0 Å². The number of halogens is 1. The van der Waals surface area contributed by atoms with Crippen molar-refractivity contribution in [2.45, 2.75) is 0 Å². The normalized spacial score (nSPS) is 6.62. The largest absolute Gasteiger partial charge is 0.506 e. The summed E-state index contributed by atoms with van der Waals surface area (Å²) in [4.78, 5) is 9.58. The molecule has 0 aromatic rings. The average Bonchev–Trinajstić information content (AvgIpc) is 1.66. The van der Waals surface area contributed by atoms with Gasteiger partial charge in [0, 0.05) is 22.6 Å². The molecule has 0 unspecified atom stereocenters. The van der Waals surface area contributed by atoms with Crippen LogP contribution in [0.4, 0.5) is 4.79 Å². The van der Waals surface area contributed by atoms with E-state index in [2.05, 4.69) is 14.6 Å². The minimum Gasteiger partial charge on any atom is -0.450 e. The molecule has 0 atom stereocenters. The summed E-state index contributed by atoms with van der Waals surface area (Å²) in [6.45, 7) is -0.0434. The SMILES string of the molecule is O=C(O)OCC#CI. The van der Waals surface area contributed by atoms with Crippen molar-refractivity contribution in [3.8, 4) is 9.85 Å². The first-order valence-corrected chi connectivity index (χ1v) is 2.79. The Morgan fingerprint density at radius 2 is 2.50 bits per heavy atom. The fraction of sp³-hybridized carbons (Fsp3) is 0.250. The van der Waals surface area contributed by atoms with Crippen molar-refractivity contribution in [3.63, 3.8) is 0 Å². The van der Waals surface area contributed by atoms with Gasteiger partial charge in [0.1, 0.15) is 0 Å². The molecule has 0 rings (SSSR count). The van der Waals surface area contributed by atoms with Crippen molar-refractivity contribution in [1.29, 1.82) is 0 Å². The van der Waals surface area contributed by atoms with Gasteiger partial charge in [-0.15, -0.1) is 0 Å². The molecule has 0 radical (unpaired) electrons. The number of rotatable bonds is 1. The van der Waals surface area contributed by atoms with Crippen LogP contribution in [-0.4, -0.2) is 17.9 Å². The van der Waals surface area contributed by atoms with Crippen molar-refractivity contribution in [2.24, 2.45) is 0 Å². The Labute approximate surface area is 60.2 Å². The smallest absolute Gasteiger partial charge is 0.450 e. The Balaban J connectivity index is 3.14. The van der Waals surface area contributed by atoms with Gasteiger partial charge in [0.2, 0.25) is 0 Å². The lowest BCUT2D eigenvalue weighted by atomic mass is 10.8. The molecule has 44 valence electrons. The van der Waals surface area contributed by atoms with Crippen LogP contribution in [0.2, 0.25) is 0 Å². The molecule has 0 fully saturated rings. The van der Waals surface area contributed by atoms with Gasteiger partial charge in [0.15, 0.2) is 6.61 Å². The molecule has 0 spiro atoms. The van der Waals surface area contributed by atoms with Gasteiger partial charge in [-0.2, -0.15) is 0 Å². The molecule has 0 aliphatic rings. The lowest BCUT2D eigenvalue weighted by Gasteiger charge is -1.87. The molecular weight excluding hydrogens is 223 g/mol. The summed E-state index contributed by atoms with van der Waals surface area (Å²) in [6, 6.07) is 0. The second-order valence-electron chi connectivity index (χ2n) is 0.826. The Morgan fingerprint density at radius 1 is 1.88 bits per heavy atom. The summed E-state index contributed by atoms with van der Waals surface area (Å²) < 4.78 is 6.48. The van der Waals surface area contributed by atoms with E-state index in [4.69, 9.17) is 5.11 Å². The summed E-state index contributed by atoms with van der Waals surface area (Å²) in [5, 5.41) is 7.85. The maximum atomic E-state index is 9.58. The lowest BCUT2D eigenvalue weighted by Crippen LogP contribution is -1.98. The number of carbonyl (C=O) groups is 1. The molecule has 0 aliphatic heterocycles. The van der Waals surface area contributed by atoms with Crippen molar-refractivity contribution in [1.82, 2.24) is 0 Å². The molecular formula is C4H3IO3. The Bertz CT molecular complexity index is 132. The monoisotopic (exact) mass is 226 g/mol. The van der Waals surface area contributed by atoms with E-state index in [1.165, 1.54) is 0 Å². The summed E-state index contributed by atoms with van der Waals surface area (Å²) in [5.74, 6) is 2.41. The predicted octanol–water partition coefficient (Wildman–Crippen LogP) is 1.08. The van der Waals surface area contributed by atoms with Gasteiger partial charge >= 0.3 is 6.16 Å². The zero-order valence-electron chi connectivity index (χ0n) is 3.85. The van der Waals surface area contributed by atoms with Gasteiger partial charge in [0.05, 0.1) is 0 Å². The molecule has 0 saturated heterocycles. The van der Waals surface area contributed by atoms with E-state index >= 15 is 0 Å². The van der Waals surface area contributed by atoms with Crippen LogP contribution in [0.5, 0.6) is 0 Å². The highest BCUT2D eigenvalue weighted by atomic mass is 127. The maximum absolute atomic E-state index is 9.58. The average molecular weight is 226 g/mol. The zero-order chi connectivity index (χ0) is 6.41. The van der Waals surface area contributed by atoms with Gasteiger partial charge in [-0.05, 0) is 3.93 Å². The van der Waals surface area contributed by atoms with E-state index < -0.39 is 6.16 Å². The van der Waals surface area contributed by atoms with Crippen LogP contribution in [0, 0.1) is 9.85 Å². The first kappa shape index (κ1) is 7.56. The fourth-order valence-corrected chi connectivity index (χ4v) is 0.281. The number of hydrogen-bond donors (Lipinski definition) is 1. The predicted molar refractivity (Wildman–Crippen MR) is 35.8 cm³/mol. The third kappa shape index (κ3) is 5.56. The van der Waals surface area contributed by atoms with Crippen LogP contribution in [0.15, 0.2) is 0 Å². The minimum atomic E-state index is -1.29. The molecule has 0 amide bonds. The molecule has 4 heteroatoms. The molecule has 1 N–H and O–H groups in total. The molecule has 0 bridgehead atoms. The highest BCUT2D eigenvalue weighted by Gasteiger charge is 1.88. The van der Waals surface area contributed by atoms with Gasteiger partial charge in [-0.25, -0.2) is 4.79 Å². The highest BCUT2D eigenvalue weighted by Crippen LogP contribution is 1.75. The van der Waals surface area contributed by atoms with Crippen LogP contribution in [-0.2, 0) is 4.74 Å². The van der Waals surface area contributed by atoms with Crippen LogP contribution in [0.3, 0.4) is 0 Å². The van der Waals surface area contributed by atoms with Gasteiger partial charge in [0.25, 0.3) is 0 Å². The maximum Gasteiger partial charge on any atom is 0.506 e. The highest BCUT2D eigenvalue weighted by molar-refractivity contribution is 14.1. The summed E-state index contributed by atoms with van der Waals surface area (Å²) in [7, 11) is 0. The third-order valence-corrected chi connectivity index (χ3v) is 0.716. The van der Waals surface area contributed by atoms with E-state index in [1.807, 2.05) is 0 Å². The molecule has 0 aromatic heterocycles. The minimum absolute atomic E-state index is 0.0434. The van der Waals surface area contributed by atoms with Gasteiger partial charge in [-0.3, -0.25) is 0 Å². The van der Waals surface area contributed by atoms with Crippen LogP contribution < -0.4 is 0 Å². The first-order valence-electron chi connectivity index (χ1n) is 1.71. The number of hydrogen-bond acceptors (Lipinski definition) is 2. The standard InChI is InChI=1S/C4H3IO3/c5-2-1-3-8-4(6)7/h3H2,(H,6,7). The van der Waals surface area contributed by atoms with Gasteiger partial charge < -0.3 is 9.84 Å². The van der Waals surface area contributed by atoms with Crippen molar-refractivity contribution in [2.75, 3.05) is 6.61 Å². The van der Waals surface area contributed by atoms with Crippen LogP contribution in [0.25, 0.3) is 0 Å². The molecule has 0 aliphatic carbocycles. The Morgan fingerprint density at radius 3 is 2.88 bits per heavy atom. The molecule has 0 saturated carbocycles. The second kappa shape index (κ2) is 4.71. The van der Waals surface area contributed by atoms with Crippen molar-refractivity contribution in [3.05, 3.63) is 0 Å². The van der Waals surface area contributed by atoms with E-state index in [-0.39, 0.29) is 6.61 Å². The molecule has 8 heavy (non-hydrogen) atoms. The molecule has 3 nitrogen and oxygen atoms in total. The molecule has 0 aromatic carbocycles. The topological polar surface area (TPSA) is 46.5 Å². The Kier molecular flexibility index (Phi) is 4.45. The summed E-state index contributed by atoms with van der Waals surface area (Å²) >= 11 is 1.80. The van der Waals surface area contributed by atoms with Gasteiger partial charge in [-0.1, -0.05) is 5.92 Å². The van der Waals surface area contributed by atoms with Crippen molar-refractivity contribution >= 4 is 28.7 Å². The summed E-state index contributed by atoms with van der Waals surface area (Å²) in [6.07, 6.45) is -1.29. The van der Waals surface area contributed by atoms with E-state index in [0.717, 1.165) is 0 Å². The van der Waals surface area contributed by atoms with E-state index in [9.17, 15) is 4.79 Å². The zero-order valence-corrected chi connectivity index (χ0v) is 6.01. The first-order chi connectivity index (χ1) is 3.77. The lowest BCUT2D eigenvalue weighted by molar-refractivity contribution is 0.103. The summed E-state index contributed by atoms with van der Waals surface area (Å²) in [5.41, 5.74) is 0. The third-order valence-electron chi connectivity index (χ3n) is 0.335. The quantitative estimate of drug-likeness (QED) is 0.413. The van der Waals surface area contributed by atoms with Crippen LogP contribution >= 0.6 is 22.6 Å². The fourth-order valence-electron chi connectivity index (χ4n) is 0.125. The van der Waals surface area contributed by atoms with E-state index in [1.54, 1.807) is 22.6 Å². The second-order valence-corrected chi connectivity index (χ2v) is 1.37.